The maximum atomic E-state index is 11.5. The zero-order valence-corrected chi connectivity index (χ0v) is 10.5. The largest absolute Gasteiger partial charge is 0.321 e. The van der Waals surface area contributed by atoms with Crippen molar-refractivity contribution in [3.63, 3.8) is 0 Å². The van der Waals surface area contributed by atoms with Crippen molar-refractivity contribution in [1.82, 2.24) is 0 Å². The summed E-state index contributed by atoms with van der Waals surface area (Å²) in [6.07, 6.45) is 2.84. The van der Waals surface area contributed by atoms with E-state index in [9.17, 15) is 8.42 Å². The van der Waals surface area contributed by atoms with E-state index in [2.05, 4.69) is 12.1 Å². The van der Waals surface area contributed by atoms with E-state index in [-0.39, 0.29) is 11.5 Å². The van der Waals surface area contributed by atoms with Crippen molar-refractivity contribution >= 4 is 9.84 Å². The lowest BCUT2D eigenvalue weighted by Gasteiger charge is -2.13. The van der Waals surface area contributed by atoms with Crippen LogP contribution in [0.1, 0.15) is 36.3 Å². The van der Waals surface area contributed by atoms with Crippen LogP contribution in [-0.2, 0) is 15.4 Å². The van der Waals surface area contributed by atoms with Gasteiger partial charge in [0.15, 0.2) is 9.84 Å². The van der Waals surface area contributed by atoms with E-state index >= 15 is 0 Å². The van der Waals surface area contributed by atoms with Gasteiger partial charge in [0.05, 0.1) is 11.5 Å². The molecule has 0 spiro atoms. The summed E-state index contributed by atoms with van der Waals surface area (Å²) in [6, 6.07) is 8.20. The normalized spacial score (nSPS) is 29.1. The van der Waals surface area contributed by atoms with Crippen molar-refractivity contribution in [3.05, 3.63) is 35.4 Å². The minimum Gasteiger partial charge on any atom is -0.321 e. The molecule has 1 atom stereocenters. The molecule has 2 aliphatic rings. The average molecular weight is 251 g/mol. The van der Waals surface area contributed by atoms with Gasteiger partial charge in [-0.05, 0) is 36.3 Å². The lowest BCUT2D eigenvalue weighted by Crippen LogP contribution is -2.19. The second kappa shape index (κ2) is 3.56. The quantitative estimate of drug-likeness (QED) is 0.867. The summed E-state index contributed by atoms with van der Waals surface area (Å²) in [5, 5.41) is 0. The number of rotatable bonds is 2. The highest BCUT2D eigenvalue weighted by Gasteiger charge is 2.40. The van der Waals surface area contributed by atoms with Crippen LogP contribution in [0, 0.1) is 0 Å². The minimum absolute atomic E-state index is 0.131. The average Bonchev–Trinajstić information content (AvgIpc) is 2.94. The van der Waals surface area contributed by atoms with E-state index in [1.54, 1.807) is 0 Å². The van der Waals surface area contributed by atoms with Gasteiger partial charge in [0, 0.05) is 5.54 Å². The van der Waals surface area contributed by atoms with Gasteiger partial charge < -0.3 is 5.73 Å². The third-order valence-corrected chi connectivity index (χ3v) is 5.72. The number of nitrogens with two attached hydrogens (primary N) is 1. The Kier molecular flexibility index (Phi) is 2.35. The van der Waals surface area contributed by atoms with Crippen LogP contribution in [0.15, 0.2) is 24.3 Å². The third-order valence-electron chi connectivity index (χ3n) is 3.95. The Balaban J connectivity index is 1.89. The van der Waals surface area contributed by atoms with Crippen LogP contribution in [0.2, 0.25) is 0 Å². The topological polar surface area (TPSA) is 60.2 Å². The molecule has 0 aromatic heterocycles. The van der Waals surface area contributed by atoms with Gasteiger partial charge in [0.25, 0.3) is 0 Å². The molecular formula is C13H17NO2S. The fraction of sp³-hybridized carbons (Fsp3) is 0.538. The number of benzene rings is 1. The van der Waals surface area contributed by atoms with Crippen molar-refractivity contribution in [3.8, 4) is 0 Å². The van der Waals surface area contributed by atoms with Crippen LogP contribution in [-0.4, -0.2) is 19.9 Å². The molecule has 1 aromatic rings. The first-order chi connectivity index (χ1) is 7.99. The van der Waals surface area contributed by atoms with Crippen LogP contribution in [0.3, 0.4) is 0 Å². The van der Waals surface area contributed by atoms with E-state index < -0.39 is 9.84 Å². The smallest absolute Gasteiger partial charge is 0.150 e. The molecule has 1 aliphatic carbocycles. The van der Waals surface area contributed by atoms with Crippen molar-refractivity contribution in [2.45, 2.75) is 30.7 Å². The summed E-state index contributed by atoms with van der Waals surface area (Å²) in [5.74, 6) is 0.797. The van der Waals surface area contributed by atoms with Gasteiger partial charge in [-0.3, -0.25) is 0 Å². The molecule has 1 unspecified atom stereocenters. The summed E-state index contributed by atoms with van der Waals surface area (Å²) in [4.78, 5) is 0. The molecule has 2 fully saturated rings. The lowest BCUT2D eigenvalue weighted by atomic mass is 9.94. The second-order valence-corrected chi connectivity index (χ2v) is 7.61. The molecule has 0 amide bonds. The maximum Gasteiger partial charge on any atom is 0.150 e. The van der Waals surface area contributed by atoms with Crippen LogP contribution in [0.25, 0.3) is 0 Å². The fourth-order valence-corrected chi connectivity index (χ4v) is 4.37. The zero-order valence-electron chi connectivity index (χ0n) is 9.72. The number of hydrogen-bond acceptors (Lipinski definition) is 3. The molecule has 3 rings (SSSR count). The molecule has 1 saturated carbocycles. The zero-order chi connectivity index (χ0) is 12.1. The van der Waals surface area contributed by atoms with Crippen molar-refractivity contribution < 1.29 is 8.42 Å². The SMILES string of the molecule is NC1(c2cccc(C3CCS(=O)(=O)C3)c2)CC1. The Hall–Kier alpha value is -0.870. The third kappa shape index (κ3) is 2.11. The van der Waals surface area contributed by atoms with Gasteiger partial charge in [-0.15, -0.1) is 0 Å². The Morgan fingerprint density at radius 1 is 1.29 bits per heavy atom. The molecule has 0 bridgehead atoms. The Morgan fingerprint density at radius 3 is 2.65 bits per heavy atom. The van der Waals surface area contributed by atoms with E-state index in [0.717, 1.165) is 24.8 Å². The highest BCUT2D eigenvalue weighted by Crippen LogP contribution is 2.43. The first-order valence-electron chi connectivity index (χ1n) is 6.08. The number of sulfone groups is 1. The second-order valence-electron chi connectivity index (χ2n) is 5.38. The van der Waals surface area contributed by atoms with Crippen molar-refractivity contribution in [2.75, 3.05) is 11.5 Å². The molecule has 1 aromatic carbocycles. The van der Waals surface area contributed by atoms with E-state index in [1.165, 1.54) is 5.56 Å². The monoisotopic (exact) mass is 251 g/mol. The number of hydrogen-bond donors (Lipinski definition) is 1. The van der Waals surface area contributed by atoms with Gasteiger partial charge in [-0.25, -0.2) is 8.42 Å². The van der Waals surface area contributed by atoms with Crippen LogP contribution < -0.4 is 5.73 Å². The lowest BCUT2D eigenvalue weighted by molar-refractivity contribution is 0.601. The molecule has 17 heavy (non-hydrogen) atoms. The molecule has 0 radical (unpaired) electrons. The highest BCUT2D eigenvalue weighted by molar-refractivity contribution is 7.91. The Bertz CT molecular complexity index is 546. The minimum atomic E-state index is -2.81. The summed E-state index contributed by atoms with van der Waals surface area (Å²) >= 11 is 0. The van der Waals surface area contributed by atoms with Crippen molar-refractivity contribution in [2.24, 2.45) is 5.73 Å². The predicted octanol–water partition coefficient (Wildman–Crippen LogP) is 1.54. The molecule has 1 aliphatic heterocycles. The van der Waals surface area contributed by atoms with Gasteiger partial charge >= 0.3 is 0 Å². The first kappa shape index (κ1) is 11.2. The van der Waals surface area contributed by atoms with Crippen molar-refractivity contribution in [1.29, 1.82) is 0 Å². The van der Waals surface area contributed by atoms with Gasteiger partial charge in [0.2, 0.25) is 0 Å². The molecule has 1 heterocycles. The summed E-state index contributed by atoms with van der Waals surface area (Å²) < 4.78 is 23.0. The Morgan fingerprint density at radius 2 is 2.06 bits per heavy atom. The standard InChI is InChI=1S/C13H17NO2S/c14-13(5-6-13)12-3-1-2-10(8-12)11-4-7-17(15,16)9-11/h1-3,8,11H,4-7,9,14H2. The summed E-state index contributed by atoms with van der Waals surface area (Å²) in [5.41, 5.74) is 8.34. The van der Waals surface area contributed by atoms with E-state index in [1.807, 2.05) is 12.1 Å². The highest BCUT2D eigenvalue weighted by atomic mass is 32.2. The van der Waals surface area contributed by atoms with Crippen LogP contribution >= 0.6 is 0 Å². The van der Waals surface area contributed by atoms with Gasteiger partial charge in [-0.1, -0.05) is 24.3 Å². The first-order valence-corrected chi connectivity index (χ1v) is 7.90. The molecule has 2 N–H and O–H groups in total. The van der Waals surface area contributed by atoms with Gasteiger partial charge in [0.1, 0.15) is 0 Å². The van der Waals surface area contributed by atoms with Crippen LogP contribution in [0.5, 0.6) is 0 Å². The molecule has 3 nitrogen and oxygen atoms in total. The molecular weight excluding hydrogens is 234 g/mol. The maximum absolute atomic E-state index is 11.5. The Labute approximate surface area is 102 Å². The fourth-order valence-electron chi connectivity index (χ4n) is 2.58. The summed E-state index contributed by atoms with van der Waals surface area (Å²) in [6.45, 7) is 0. The summed E-state index contributed by atoms with van der Waals surface area (Å²) in [7, 11) is -2.81. The van der Waals surface area contributed by atoms with Crippen LogP contribution in [0.4, 0.5) is 0 Å². The molecule has 92 valence electrons. The molecule has 1 saturated heterocycles. The predicted molar refractivity (Wildman–Crippen MR) is 67.6 cm³/mol. The van der Waals surface area contributed by atoms with Gasteiger partial charge in [-0.2, -0.15) is 0 Å². The van der Waals surface area contributed by atoms with E-state index in [4.69, 9.17) is 5.73 Å². The van der Waals surface area contributed by atoms with E-state index in [0.29, 0.717) is 11.5 Å². The molecule has 4 heteroatoms.